The third-order valence-corrected chi connectivity index (χ3v) is 5.52. The minimum Gasteiger partial charge on any atom is -0.393 e. The molecule has 5 heteroatoms. The smallest absolute Gasteiger partial charge is 0.220 e. The van der Waals surface area contributed by atoms with Crippen molar-refractivity contribution in [2.45, 2.75) is 31.3 Å². The lowest BCUT2D eigenvalue weighted by Gasteiger charge is -2.29. The van der Waals surface area contributed by atoms with E-state index in [-0.39, 0.29) is 17.9 Å². The van der Waals surface area contributed by atoms with Crippen molar-refractivity contribution in [2.24, 2.45) is 0 Å². The van der Waals surface area contributed by atoms with Crippen LogP contribution in [0, 0.1) is 0 Å². The summed E-state index contributed by atoms with van der Waals surface area (Å²) in [5, 5.41) is 13.3. The Morgan fingerprint density at radius 2 is 1.78 bits per heavy atom. The van der Waals surface area contributed by atoms with Gasteiger partial charge in [0.15, 0.2) is 0 Å². The lowest BCUT2D eigenvalue weighted by molar-refractivity contribution is -0.121. The van der Waals surface area contributed by atoms with Gasteiger partial charge in [-0.25, -0.2) is 0 Å². The zero-order chi connectivity index (χ0) is 19.1. The summed E-state index contributed by atoms with van der Waals surface area (Å²) in [5.74, 6) is -0.0362. The van der Waals surface area contributed by atoms with E-state index in [2.05, 4.69) is 10.2 Å². The minimum absolute atomic E-state index is 0.0285. The number of carbonyl (C=O) groups is 1. The number of aliphatic hydroxyl groups excluding tert-OH is 1. The van der Waals surface area contributed by atoms with E-state index in [4.69, 9.17) is 11.6 Å². The highest BCUT2D eigenvalue weighted by Gasteiger charge is 2.21. The highest BCUT2D eigenvalue weighted by molar-refractivity contribution is 6.31. The Kier molecular flexibility index (Phi) is 7.27. The van der Waals surface area contributed by atoms with Gasteiger partial charge >= 0.3 is 0 Å². The van der Waals surface area contributed by atoms with Crippen molar-refractivity contribution in [3.63, 3.8) is 0 Å². The van der Waals surface area contributed by atoms with Gasteiger partial charge in [0.2, 0.25) is 5.91 Å². The van der Waals surface area contributed by atoms with Gasteiger partial charge in [-0.3, -0.25) is 4.79 Å². The quantitative estimate of drug-likeness (QED) is 0.766. The van der Waals surface area contributed by atoms with Crippen molar-refractivity contribution >= 4 is 17.5 Å². The van der Waals surface area contributed by atoms with Gasteiger partial charge in [0.05, 0.1) is 6.10 Å². The van der Waals surface area contributed by atoms with Gasteiger partial charge in [0.25, 0.3) is 0 Å². The van der Waals surface area contributed by atoms with E-state index in [1.54, 1.807) is 0 Å². The first-order chi connectivity index (χ1) is 13.1. The Balaban J connectivity index is 1.59. The van der Waals surface area contributed by atoms with Crippen LogP contribution in [0.25, 0.3) is 0 Å². The molecule has 0 aromatic heterocycles. The molecule has 1 aliphatic heterocycles. The Bertz CT molecular complexity index is 730. The SMILES string of the molecule is O=C(C[C@H](c1ccccc1)c1ccccc1Cl)NCCN1CCC(O)CC1. The second-order valence-corrected chi connectivity index (χ2v) is 7.52. The molecule has 1 saturated heterocycles. The molecule has 0 radical (unpaired) electrons. The first-order valence-electron chi connectivity index (χ1n) is 9.60. The number of likely N-dealkylation sites (tertiary alicyclic amines) is 1. The van der Waals surface area contributed by atoms with Crippen LogP contribution >= 0.6 is 11.6 Å². The van der Waals surface area contributed by atoms with Gasteiger partial charge in [0.1, 0.15) is 0 Å². The summed E-state index contributed by atoms with van der Waals surface area (Å²) in [4.78, 5) is 14.9. The fraction of sp³-hybridized carbons (Fsp3) is 0.409. The van der Waals surface area contributed by atoms with Gasteiger partial charge in [-0.2, -0.15) is 0 Å². The summed E-state index contributed by atoms with van der Waals surface area (Å²) in [6, 6.07) is 17.8. The number of hydrogen-bond acceptors (Lipinski definition) is 3. The predicted octanol–water partition coefficient (Wildman–Crippen LogP) is 3.43. The van der Waals surface area contributed by atoms with Crippen LogP contribution in [0.4, 0.5) is 0 Å². The van der Waals surface area contributed by atoms with Crippen LogP contribution < -0.4 is 5.32 Å². The Labute approximate surface area is 166 Å². The second kappa shape index (κ2) is 9.88. The van der Waals surface area contributed by atoms with Crippen LogP contribution in [0.5, 0.6) is 0 Å². The number of rotatable bonds is 7. The third-order valence-electron chi connectivity index (χ3n) is 5.18. The van der Waals surface area contributed by atoms with Crippen molar-refractivity contribution in [1.82, 2.24) is 10.2 Å². The van der Waals surface area contributed by atoms with Crippen molar-refractivity contribution < 1.29 is 9.90 Å². The van der Waals surface area contributed by atoms with Gasteiger partial charge in [-0.1, -0.05) is 60.1 Å². The van der Waals surface area contributed by atoms with E-state index in [1.807, 2.05) is 54.6 Å². The van der Waals surface area contributed by atoms with Crippen molar-refractivity contribution in [3.05, 3.63) is 70.7 Å². The molecule has 1 amide bonds. The molecule has 1 atom stereocenters. The van der Waals surface area contributed by atoms with Crippen molar-refractivity contribution in [2.75, 3.05) is 26.2 Å². The van der Waals surface area contributed by atoms with E-state index in [0.29, 0.717) is 18.0 Å². The van der Waals surface area contributed by atoms with E-state index in [9.17, 15) is 9.90 Å². The monoisotopic (exact) mass is 386 g/mol. The maximum absolute atomic E-state index is 12.6. The summed E-state index contributed by atoms with van der Waals surface area (Å²) >= 11 is 6.41. The number of carbonyl (C=O) groups excluding carboxylic acids is 1. The third kappa shape index (κ3) is 5.80. The maximum Gasteiger partial charge on any atom is 0.220 e. The van der Waals surface area contributed by atoms with Crippen LogP contribution in [0.1, 0.15) is 36.3 Å². The number of amides is 1. The molecule has 1 fully saturated rings. The largest absolute Gasteiger partial charge is 0.393 e. The molecule has 0 aliphatic carbocycles. The fourth-order valence-corrected chi connectivity index (χ4v) is 3.87. The number of nitrogens with zero attached hydrogens (tertiary/aromatic N) is 1. The normalized spacial score (nSPS) is 16.8. The van der Waals surface area contributed by atoms with E-state index < -0.39 is 0 Å². The standard InChI is InChI=1S/C22H27ClN2O2/c23-21-9-5-4-8-19(21)20(17-6-2-1-3-7-17)16-22(27)24-12-15-25-13-10-18(26)11-14-25/h1-9,18,20,26H,10-16H2,(H,24,27)/t20-/m1/s1. The lowest BCUT2D eigenvalue weighted by atomic mass is 9.88. The molecule has 0 saturated carbocycles. The van der Waals surface area contributed by atoms with E-state index in [1.165, 1.54) is 0 Å². The summed E-state index contributed by atoms with van der Waals surface area (Å²) in [5.41, 5.74) is 2.07. The van der Waals surface area contributed by atoms with Crippen molar-refractivity contribution in [3.8, 4) is 0 Å². The number of hydrogen-bond donors (Lipinski definition) is 2. The molecule has 2 aromatic rings. The topological polar surface area (TPSA) is 52.6 Å². The molecular formula is C22H27ClN2O2. The molecule has 0 bridgehead atoms. The zero-order valence-corrected chi connectivity index (χ0v) is 16.2. The van der Waals surface area contributed by atoms with Crippen LogP contribution in [0.15, 0.2) is 54.6 Å². The first kappa shape index (κ1) is 19.9. The van der Waals surface area contributed by atoms with Gasteiger partial charge in [-0.05, 0) is 30.0 Å². The molecule has 144 valence electrons. The number of piperidine rings is 1. The lowest BCUT2D eigenvalue weighted by Crippen LogP contribution is -2.41. The summed E-state index contributed by atoms with van der Waals surface area (Å²) in [6.07, 6.45) is 1.83. The highest BCUT2D eigenvalue weighted by Crippen LogP contribution is 2.32. The highest BCUT2D eigenvalue weighted by atomic mass is 35.5. The van der Waals surface area contributed by atoms with Gasteiger partial charge in [0, 0.05) is 43.5 Å². The molecule has 3 rings (SSSR count). The summed E-state index contributed by atoms with van der Waals surface area (Å²) in [7, 11) is 0. The predicted molar refractivity (Wildman–Crippen MR) is 109 cm³/mol. The molecule has 1 heterocycles. The Hall–Kier alpha value is -1.88. The molecule has 1 aliphatic rings. The van der Waals surface area contributed by atoms with Crippen molar-refractivity contribution in [1.29, 1.82) is 0 Å². The van der Waals surface area contributed by atoms with E-state index >= 15 is 0 Å². The second-order valence-electron chi connectivity index (χ2n) is 7.11. The average Bonchev–Trinajstić information content (AvgIpc) is 2.69. The summed E-state index contributed by atoms with van der Waals surface area (Å²) < 4.78 is 0. The molecule has 27 heavy (non-hydrogen) atoms. The summed E-state index contributed by atoms with van der Waals surface area (Å²) in [6.45, 7) is 3.23. The minimum atomic E-state index is -0.168. The number of aliphatic hydroxyl groups is 1. The first-order valence-corrected chi connectivity index (χ1v) is 9.98. The van der Waals surface area contributed by atoms with Crippen LogP contribution in [0.2, 0.25) is 5.02 Å². The fourth-order valence-electron chi connectivity index (χ4n) is 3.60. The number of benzene rings is 2. The molecule has 0 spiro atoms. The molecule has 4 nitrogen and oxygen atoms in total. The number of halogens is 1. The number of nitrogens with one attached hydrogen (secondary N) is 1. The molecule has 2 N–H and O–H groups in total. The van der Waals surface area contributed by atoms with Crippen LogP contribution in [0.3, 0.4) is 0 Å². The average molecular weight is 387 g/mol. The van der Waals surface area contributed by atoms with Gasteiger partial charge < -0.3 is 15.3 Å². The van der Waals surface area contributed by atoms with E-state index in [0.717, 1.165) is 43.6 Å². The maximum atomic E-state index is 12.6. The van der Waals surface area contributed by atoms with Crippen LogP contribution in [-0.4, -0.2) is 48.2 Å². The van der Waals surface area contributed by atoms with Crippen LogP contribution in [-0.2, 0) is 4.79 Å². The van der Waals surface area contributed by atoms with Gasteiger partial charge in [-0.15, -0.1) is 0 Å². The zero-order valence-electron chi connectivity index (χ0n) is 15.5. The molecular weight excluding hydrogens is 360 g/mol. The Morgan fingerprint density at radius 1 is 1.11 bits per heavy atom. The molecule has 0 unspecified atom stereocenters. The molecule has 2 aromatic carbocycles. The Morgan fingerprint density at radius 3 is 2.48 bits per heavy atom.